The minimum Gasteiger partial charge on any atom is -0.490 e. The molecule has 0 radical (unpaired) electrons. The third-order valence-corrected chi connectivity index (χ3v) is 4.27. The SMILES string of the molecule is C=CCOc1ccc(/C=C/C(=O)OCC(=O)NC(=O)c2ccc(C(C)(C)C)cc2)cc1. The van der Waals surface area contributed by atoms with Crippen molar-refractivity contribution in [3.63, 3.8) is 0 Å². The maximum Gasteiger partial charge on any atom is 0.331 e. The zero-order chi connectivity index (χ0) is 22.9. The van der Waals surface area contributed by atoms with Crippen LogP contribution in [0.4, 0.5) is 0 Å². The summed E-state index contributed by atoms with van der Waals surface area (Å²) in [4.78, 5) is 35.9. The Bertz CT molecular complexity index is 951. The van der Waals surface area contributed by atoms with E-state index in [4.69, 9.17) is 9.47 Å². The number of hydrogen-bond acceptors (Lipinski definition) is 5. The normalized spacial score (nSPS) is 11.1. The lowest BCUT2D eigenvalue weighted by Crippen LogP contribution is -2.34. The van der Waals surface area contributed by atoms with Crippen LogP contribution in [-0.4, -0.2) is 31.0 Å². The van der Waals surface area contributed by atoms with Gasteiger partial charge >= 0.3 is 5.97 Å². The minimum atomic E-state index is -0.699. The van der Waals surface area contributed by atoms with Crippen molar-refractivity contribution >= 4 is 23.9 Å². The van der Waals surface area contributed by atoms with Crippen molar-refractivity contribution < 1.29 is 23.9 Å². The highest BCUT2D eigenvalue weighted by molar-refractivity contribution is 6.05. The van der Waals surface area contributed by atoms with Crippen LogP contribution < -0.4 is 10.1 Å². The summed E-state index contributed by atoms with van der Waals surface area (Å²) in [6.07, 6.45) is 4.41. The molecule has 0 bridgehead atoms. The number of esters is 1. The van der Waals surface area contributed by atoms with E-state index in [-0.39, 0.29) is 5.41 Å². The fourth-order valence-corrected chi connectivity index (χ4v) is 2.54. The number of carbonyl (C=O) groups excluding carboxylic acids is 3. The molecule has 0 aliphatic heterocycles. The highest BCUT2D eigenvalue weighted by Crippen LogP contribution is 2.22. The van der Waals surface area contributed by atoms with E-state index in [0.717, 1.165) is 11.1 Å². The molecule has 0 atom stereocenters. The summed E-state index contributed by atoms with van der Waals surface area (Å²) in [6, 6.07) is 14.1. The molecular formula is C25H27NO5. The van der Waals surface area contributed by atoms with Gasteiger partial charge in [-0.1, -0.05) is 57.7 Å². The molecule has 0 unspecified atom stereocenters. The van der Waals surface area contributed by atoms with Crippen LogP contribution in [0.1, 0.15) is 42.3 Å². The number of nitrogens with one attached hydrogen (secondary N) is 1. The second kappa shape index (κ2) is 10.9. The number of rotatable bonds is 8. The van der Waals surface area contributed by atoms with Gasteiger partial charge in [0.1, 0.15) is 12.4 Å². The molecule has 0 saturated carbocycles. The Kier molecular flexibility index (Phi) is 8.32. The molecule has 31 heavy (non-hydrogen) atoms. The lowest BCUT2D eigenvalue weighted by atomic mass is 9.87. The number of amides is 2. The molecule has 0 fully saturated rings. The van der Waals surface area contributed by atoms with E-state index >= 15 is 0 Å². The van der Waals surface area contributed by atoms with Gasteiger partial charge in [-0.3, -0.25) is 14.9 Å². The Balaban J connectivity index is 1.79. The Morgan fingerprint density at radius 2 is 1.65 bits per heavy atom. The van der Waals surface area contributed by atoms with Gasteiger partial charge in [0.25, 0.3) is 11.8 Å². The van der Waals surface area contributed by atoms with E-state index < -0.39 is 24.4 Å². The van der Waals surface area contributed by atoms with Crippen LogP contribution in [0.2, 0.25) is 0 Å². The lowest BCUT2D eigenvalue weighted by molar-refractivity contribution is -0.143. The van der Waals surface area contributed by atoms with Crippen LogP contribution in [0.3, 0.4) is 0 Å². The van der Waals surface area contributed by atoms with Gasteiger partial charge in [0.05, 0.1) is 0 Å². The summed E-state index contributed by atoms with van der Waals surface area (Å²) in [6.45, 7) is 9.65. The van der Waals surface area contributed by atoms with E-state index in [1.165, 1.54) is 6.08 Å². The third-order valence-electron chi connectivity index (χ3n) is 4.27. The fraction of sp³-hybridized carbons (Fsp3) is 0.240. The summed E-state index contributed by atoms with van der Waals surface area (Å²) in [7, 11) is 0. The first-order valence-corrected chi connectivity index (χ1v) is 9.82. The van der Waals surface area contributed by atoms with Crippen LogP contribution in [0.15, 0.2) is 67.3 Å². The average Bonchev–Trinajstić information content (AvgIpc) is 2.75. The highest BCUT2D eigenvalue weighted by atomic mass is 16.5. The lowest BCUT2D eigenvalue weighted by Gasteiger charge is -2.18. The van der Waals surface area contributed by atoms with Gasteiger partial charge in [-0.2, -0.15) is 0 Å². The van der Waals surface area contributed by atoms with Gasteiger partial charge in [-0.25, -0.2) is 4.79 Å². The molecule has 2 rings (SSSR count). The monoisotopic (exact) mass is 421 g/mol. The summed E-state index contributed by atoms with van der Waals surface area (Å²) in [5.41, 5.74) is 2.16. The van der Waals surface area contributed by atoms with Gasteiger partial charge in [-0.05, 0) is 46.9 Å². The molecule has 2 amide bonds. The van der Waals surface area contributed by atoms with E-state index in [0.29, 0.717) is 17.9 Å². The quantitative estimate of drug-likeness (QED) is 0.395. The van der Waals surface area contributed by atoms with Crippen molar-refractivity contribution in [3.05, 3.63) is 84.0 Å². The number of imide groups is 1. The fourth-order valence-electron chi connectivity index (χ4n) is 2.54. The van der Waals surface area contributed by atoms with E-state index in [9.17, 15) is 14.4 Å². The Hall–Kier alpha value is -3.67. The predicted molar refractivity (Wildman–Crippen MR) is 120 cm³/mol. The number of carbonyl (C=O) groups is 3. The molecule has 1 N–H and O–H groups in total. The summed E-state index contributed by atoms with van der Waals surface area (Å²) in [5.74, 6) is -1.25. The molecule has 2 aromatic rings. The topological polar surface area (TPSA) is 81.7 Å². The van der Waals surface area contributed by atoms with Gasteiger partial charge < -0.3 is 9.47 Å². The van der Waals surface area contributed by atoms with Crippen LogP contribution in [0.5, 0.6) is 5.75 Å². The molecule has 0 heterocycles. The van der Waals surface area contributed by atoms with Crippen molar-refractivity contribution in [2.75, 3.05) is 13.2 Å². The van der Waals surface area contributed by atoms with Crippen molar-refractivity contribution in [1.29, 1.82) is 0 Å². The molecule has 6 heteroatoms. The van der Waals surface area contributed by atoms with Gasteiger partial charge in [0, 0.05) is 11.6 Å². The Morgan fingerprint density at radius 3 is 2.23 bits per heavy atom. The van der Waals surface area contributed by atoms with Gasteiger partial charge in [0.2, 0.25) is 0 Å². The second-order valence-corrected chi connectivity index (χ2v) is 7.81. The third kappa shape index (κ3) is 7.93. The van der Waals surface area contributed by atoms with E-state index in [1.807, 2.05) is 12.1 Å². The highest BCUT2D eigenvalue weighted by Gasteiger charge is 2.15. The van der Waals surface area contributed by atoms with Crippen molar-refractivity contribution in [2.24, 2.45) is 0 Å². The maximum atomic E-state index is 12.2. The summed E-state index contributed by atoms with van der Waals surface area (Å²) < 4.78 is 10.3. The van der Waals surface area contributed by atoms with Crippen LogP contribution in [0.25, 0.3) is 6.08 Å². The minimum absolute atomic E-state index is 0.0339. The Labute approximate surface area is 182 Å². The largest absolute Gasteiger partial charge is 0.490 e. The average molecular weight is 421 g/mol. The number of benzene rings is 2. The molecule has 0 saturated heterocycles. The van der Waals surface area contributed by atoms with Crippen molar-refractivity contribution in [3.8, 4) is 5.75 Å². The summed E-state index contributed by atoms with van der Waals surface area (Å²) >= 11 is 0. The molecule has 0 aliphatic carbocycles. The first-order valence-electron chi connectivity index (χ1n) is 9.82. The van der Waals surface area contributed by atoms with E-state index in [2.05, 4.69) is 32.7 Å². The van der Waals surface area contributed by atoms with E-state index in [1.54, 1.807) is 48.6 Å². The number of ether oxygens (including phenoxy) is 2. The molecule has 0 aliphatic rings. The Morgan fingerprint density at radius 1 is 1.00 bits per heavy atom. The smallest absolute Gasteiger partial charge is 0.331 e. The second-order valence-electron chi connectivity index (χ2n) is 7.81. The molecule has 162 valence electrons. The zero-order valence-corrected chi connectivity index (χ0v) is 18.0. The van der Waals surface area contributed by atoms with Crippen LogP contribution in [-0.2, 0) is 19.7 Å². The van der Waals surface area contributed by atoms with Gasteiger partial charge in [0.15, 0.2) is 6.61 Å². The molecule has 6 nitrogen and oxygen atoms in total. The molecule has 0 aromatic heterocycles. The first-order chi connectivity index (χ1) is 14.7. The zero-order valence-electron chi connectivity index (χ0n) is 18.0. The first kappa shape index (κ1) is 23.6. The standard InChI is InChI=1S/C25H27NO5/c1-5-16-30-21-13-6-18(7-14-21)8-15-23(28)31-17-22(27)26-24(29)19-9-11-20(12-10-19)25(2,3)4/h5-15H,1,16-17H2,2-4H3,(H,26,27,29)/b15-8+. The van der Waals surface area contributed by atoms with Crippen molar-refractivity contribution in [1.82, 2.24) is 5.32 Å². The van der Waals surface area contributed by atoms with Crippen molar-refractivity contribution in [2.45, 2.75) is 26.2 Å². The number of hydrogen-bond donors (Lipinski definition) is 1. The predicted octanol–water partition coefficient (Wildman–Crippen LogP) is 4.06. The molecule has 0 spiro atoms. The summed E-state index contributed by atoms with van der Waals surface area (Å²) in [5, 5.41) is 2.21. The molecule has 2 aromatic carbocycles. The van der Waals surface area contributed by atoms with Gasteiger partial charge in [-0.15, -0.1) is 0 Å². The van der Waals surface area contributed by atoms with Crippen LogP contribution in [0, 0.1) is 0 Å². The maximum absolute atomic E-state index is 12.2. The van der Waals surface area contributed by atoms with Crippen LogP contribution >= 0.6 is 0 Å². The molecular weight excluding hydrogens is 394 g/mol.